The van der Waals surface area contributed by atoms with Gasteiger partial charge in [0.1, 0.15) is 0 Å². The number of unbranched alkanes of at least 4 members (excludes halogenated alkanes) is 3. The number of piperidine rings is 1. The van der Waals surface area contributed by atoms with Crippen molar-refractivity contribution in [3.63, 3.8) is 0 Å². The molecule has 0 radical (unpaired) electrons. The second kappa shape index (κ2) is 11.0. The molecule has 1 fully saturated rings. The molecule has 0 aromatic heterocycles. The molecular formula is C14H28N2. The van der Waals surface area contributed by atoms with Crippen molar-refractivity contribution in [1.29, 1.82) is 5.26 Å². The van der Waals surface area contributed by atoms with Crippen molar-refractivity contribution in [3.05, 3.63) is 6.57 Å². The molecule has 1 aliphatic heterocycles. The van der Waals surface area contributed by atoms with Crippen molar-refractivity contribution in [2.75, 3.05) is 13.1 Å². The number of hydrogen-bond donors (Lipinski definition) is 1. The molecule has 2 atom stereocenters. The maximum absolute atomic E-state index is 6.25. The predicted octanol–water partition coefficient (Wildman–Crippen LogP) is 2.51. The summed E-state index contributed by atoms with van der Waals surface area (Å²) in [6, 6.07) is 0.991. The molecule has 2 heteroatoms. The molecule has 16 heavy (non-hydrogen) atoms. The van der Waals surface area contributed by atoms with Crippen molar-refractivity contribution >= 4 is 0 Å². The zero-order valence-corrected chi connectivity index (χ0v) is 11.1. The summed E-state index contributed by atoms with van der Waals surface area (Å²) < 4.78 is 0. The minimum atomic E-state index is 0.991. The fourth-order valence-electron chi connectivity index (χ4n) is 2.75. The number of nitrogens with one attached hydrogen (secondary N) is 1. The van der Waals surface area contributed by atoms with Crippen LogP contribution in [0.5, 0.6) is 0 Å². The average Bonchev–Trinajstić information content (AvgIpc) is 2.37. The highest BCUT2D eigenvalue weighted by molar-refractivity contribution is 4.59. The molecule has 0 aromatic rings. The van der Waals surface area contributed by atoms with Crippen molar-refractivity contribution in [2.45, 2.75) is 71.3 Å². The fraction of sp³-hybridized carbons (Fsp3) is 0.929. The third kappa shape index (κ3) is 6.12. The highest BCUT2D eigenvalue weighted by Crippen LogP contribution is 2.06. The van der Waals surface area contributed by atoms with Crippen LogP contribution in [0.15, 0.2) is 0 Å². The van der Waals surface area contributed by atoms with Gasteiger partial charge >= 0.3 is 0 Å². The Balaban J connectivity index is 0.00000106. The van der Waals surface area contributed by atoms with Crippen LogP contribution in [0.2, 0.25) is 0 Å². The van der Waals surface area contributed by atoms with Gasteiger partial charge in [0.2, 0.25) is 0 Å². The highest BCUT2D eigenvalue weighted by Gasteiger charge is 2.23. The van der Waals surface area contributed by atoms with Gasteiger partial charge in [-0.05, 0) is 38.5 Å². The molecule has 0 spiro atoms. The van der Waals surface area contributed by atoms with E-state index in [-0.39, 0.29) is 0 Å². The van der Waals surface area contributed by atoms with Gasteiger partial charge in [-0.25, -0.2) is 0 Å². The van der Waals surface area contributed by atoms with Gasteiger partial charge in [0.15, 0.2) is 0 Å². The molecule has 1 aliphatic rings. The largest absolute Gasteiger partial charge is 0.512 e. The van der Waals surface area contributed by atoms with E-state index in [0.29, 0.717) is 0 Å². The lowest BCUT2D eigenvalue weighted by atomic mass is 9.99. The molecule has 2 nitrogen and oxygen atoms in total. The van der Waals surface area contributed by atoms with Crippen LogP contribution in [0.1, 0.15) is 65.2 Å². The lowest BCUT2D eigenvalue weighted by Gasteiger charge is -2.32. The first-order valence-electron chi connectivity index (χ1n) is 6.95. The van der Waals surface area contributed by atoms with Crippen LogP contribution in [-0.2, 0) is 0 Å². The molecule has 94 valence electrons. The van der Waals surface area contributed by atoms with Gasteiger partial charge in [-0.3, -0.25) is 0 Å². The Hall–Kier alpha value is -0.550. The molecule has 1 N–H and O–H groups in total. The van der Waals surface area contributed by atoms with Crippen molar-refractivity contribution in [2.24, 2.45) is 0 Å². The Kier molecular flexibility index (Phi) is 10.6. The molecule has 1 rings (SSSR count). The lowest BCUT2D eigenvalue weighted by molar-refractivity contribution is -0.931. The Morgan fingerprint density at radius 2 is 1.88 bits per heavy atom. The van der Waals surface area contributed by atoms with Crippen LogP contribution in [0.25, 0.3) is 0 Å². The van der Waals surface area contributed by atoms with Crippen LogP contribution in [0.4, 0.5) is 0 Å². The number of hydrogen-bond acceptors (Lipinski definition) is 1. The van der Waals surface area contributed by atoms with Crippen LogP contribution in [-0.4, -0.2) is 19.1 Å². The Labute approximate surface area is 102 Å². The summed E-state index contributed by atoms with van der Waals surface area (Å²) in [5, 5.41) is 6.25. The maximum Gasteiger partial charge on any atom is 0.0872 e. The second-order valence-electron chi connectivity index (χ2n) is 4.82. The van der Waals surface area contributed by atoms with Gasteiger partial charge in [-0.1, -0.05) is 26.7 Å². The number of quaternary nitrogens is 1. The standard InChI is InChI=1S/C13H27N.CN/c1-3-5-6-8-11-14-12-9-7-10-13(14)4-2;1-2/h13H,3-12H2,1-2H3;/q;-1/p+1. The normalized spacial score (nSPS) is 24.5. The van der Waals surface area contributed by atoms with Crippen LogP contribution >= 0.6 is 0 Å². The average molecular weight is 224 g/mol. The zero-order valence-electron chi connectivity index (χ0n) is 11.1. The first-order chi connectivity index (χ1) is 7.88. The van der Waals surface area contributed by atoms with Crippen molar-refractivity contribution in [1.82, 2.24) is 0 Å². The van der Waals surface area contributed by atoms with Gasteiger partial charge in [0, 0.05) is 0 Å². The van der Waals surface area contributed by atoms with Gasteiger partial charge in [-0.15, -0.1) is 0 Å². The number of rotatable bonds is 6. The van der Waals surface area contributed by atoms with Gasteiger partial charge in [0.25, 0.3) is 0 Å². The molecule has 0 saturated carbocycles. The predicted molar refractivity (Wildman–Crippen MR) is 67.7 cm³/mol. The first kappa shape index (κ1) is 15.4. The topological polar surface area (TPSA) is 28.2 Å². The Bertz CT molecular complexity index is 165. The van der Waals surface area contributed by atoms with Crippen LogP contribution in [0.3, 0.4) is 0 Å². The Morgan fingerprint density at radius 3 is 2.50 bits per heavy atom. The van der Waals surface area contributed by atoms with Gasteiger partial charge < -0.3 is 16.7 Å². The third-order valence-corrected chi connectivity index (χ3v) is 3.72. The van der Waals surface area contributed by atoms with E-state index in [4.69, 9.17) is 11.8 Å². The van der Waals surface area contributed by atoms with Crippen LogP contribution in [0, 0.1) is 11.8 Å². The van der Waals surface area contributed by atoms with Crippen molar-refractivity contribution in [3.8, 4) is 0 Å². The summed E-state index contributed by atoms with van der Waals surface area (Å²) in [4.78, 5) is 1.91. The highest BCUT2D eigenvalue weighted by atomic mass is 15.2. The van der Waals surface area contributed by atoms with E-state index in [1.807, 2.05) is 4.90 Å². The molecule has 2 unspecified atom stereocenters. The summed E-state index contributed by atoms with van der Waals surface area (Å²) in [6.45, 7) is 12.3. The minimum absolute atomic E-state index is 0.991. The third-order valence-electron chi connectivity index (χ3n) is 3.72. The molecule has 0 aliphatic carbocycles. The van der Waals surface area contributed by atoms with E-state index in [1.165, 1.54) is 64.5 Å². The van der Waals surface area contributed by atoms with E-state index < -0.39 is 0 Å². The second-order valence-corrected chi connectivity index (χ2v) is 4.82. The SMILES string of the molecule is CCCCCC[NH+]1CCCCC1CC.[C-]#N. The molecule has 0 bridgehead atoms. The Morgan fingerprint density at radius 1 is 1.12 bits per heavy atom. The van der Waals surface area contributed by atoms with Gasteiger partial charge in [-0.2, -0.15) is 0 Å². The molecule has 1 heterocycles. The number of likely N-dealkylation sites (tertiary alicyclic amines) is 1. The van der Waals surface area contributed by atoms with E-state index in [1.54, 1.807) is 0 Å². The summed E-state index contributed by atoms with van der Waals surface area (Å²) >= 11 is 0. The van der Waals surface area contributed by atoms with E-state index in [9.17, 15) is 0 Å². The molecule has 0 amide bonds. The smallest absolute Gasteiger partial charge is 0.0872 e. The first-order valence-corrected chi connectivity index (χ1v) is 6.95. The summed E-state index contributed by atoms with van der Waals surface area (Å²) in [6.07, 6.45) is 11.5. The quantitative estimate of drug-likeness (QED) is 0.545. The molecule has 1 saturated heterocycles. The van der Waals surface area contributed by atoms with E-state index in [0.717, 1.165) is 6.04 Å². The van der Waals surface area contributed by atoms with E-state index in [2.05, 4.69) is 13.8 Å². The summed E-state index contributed by atoms with van der Waals surface area (Å²) in [5.74, 6) is 0. The fourth-order valence-corrected chi connectivity index (χ4v) is 2.75. The molecule has 0 aromatic carbocycles. The lowest BCUT2D eigenvalue weighted by Crippen LogP contribution is -3.16. The number of nitrogens with zero attached hydrogens (tertiary/aromatic N) is 1. The summed E-state index contributed by atoms with van der Waals surface area (Å²) in [5.41, 5.74) is 0. The zero-order chi connectivity index (χ0) is 12.2. The monoisotopic (exact) mass is 224 g/mol. The van der Waals surface area contributed by atoms with Crippen molar-refractivity contribution < 1.29 is 4.90 Å². The maximum atomic E-state index is 6.25. The summed E-state index contributed by atoms with van der Waals surface area (Å²) in [7, 11) is 0. The van der Waals surface area contributed by atoms with E-state index >= 15 is 0 Å². The minimum Gasteiger partial charge on any atom is -0.512 e. The van der Waals surface area contributed by atoms with Gasteiger partial charge in [0.05, 0.1) is 19.1 Å². The molecular weight excluding hydrogens is 196 g/mol. The van der Waals surface area contributed by atoms with Crippen LogP contribution < -0.4 is 4.90 Å².